The van der Waals surface area contributed by atoms with E-state index in [2.05, 4.69) is 27.6 Å². The molecule has 4 rings (SSSR count). The first-order valence-corrected chi connectivity index (χ1v) is 9.88. The molecule has 0 aliphatic rings. The number of anilines is 4. The summed E-state index contributed by atoms with van der Waals surface area (Å²) in [4.78, 5) is 6.76. The van der Waals surface area contributed by atoms with Crippen molar-refractivity contribution in [1.82, 2.24) is 15.2 Å². The largest absolute Gasteiger partial charge is 0.494 e. The van der Waals surface area contributed by atoms with Gasteiger partial charge in [0.1, 0.15) is 5.75 Å². The number of ether oxygens (including phenoxy) is 1. The molecular formula is C24H23N5O. The lowest BCUT2D eigenvalue weighted by atomic mass is 10.2. The van der Waals surface area contributed by atoms with E-state index in [9.17, 15) is 0 Å². The molecule has 0 fully saturated rings. The van der Waals surface area contributed by atoms with Crippen LogP contribution in [0, 0.1) is 0 Å². The number of nitrogens with one attached hydrogen (secondary N) is 1. The molecule has 3 aromatic carbocycles. The number of benzene rings is 3. The molecule has 1 N–H and O–H groups in total. The van der Waals surface area contributed by atoms with Crippen LogP contribution in [0.15, 0.2) is 91.1 Å². The van der Waals surface area contributed by atoms with E-state index < -0.39 is 0 Å². The third kappa shape index (κ3) is 4.91. The molecule has 0 radical (unpaired) electrons. The van der Waals surface area contributed by atoms with Gasteiger partial charge in [0.15, 0.2) is 5.82 Å². The third-order valence-corrected chi connectivity index (χ3v) is 4.48. The summed E-state index contributed by atoms with van der Waals surface area (Å²) in [6.45, 7) is 3.25. The Morgan fingerprint density at radius 2 is 1.57 bits per heavy atom. The van der Waals surface area contributed by atoms with Crippen molar-refractivity contribution in [1.29, 1.82) is 0 Å². The molecule has 0 unspecified atom stereocenters. The summed E-state index contributed by atoms with van der Waals surface area (Å²) in [5.74, 6) is 1.99. The average Bonchev–Trinajstić information content (AvgIpc) is 2.80. The van der Waals surface area contributed by atoms with Crippen LogP contribution in [0.25, 0.3) is 0 Å². The highest BCUT2D eigenvalue weighted by Gasteiger charge is 2.14. The molecule has 6 heteroatoms. The molecule has 0 amide bonds. The van der Waals surface area contributed by atoms with Crippen LogP contribution in [0.1, 0.15) is 12.5 Å². The van der Waals surface area contributed by atoms with E-state index in [-0.39, 0.29) is 0 Å². The van der Waals surface area contributed by atoms with Crippen LogP contribution < -0.4 is 15.0 Å². The number of para-hydroxylation sites is 1. The normalized spacial score (nSPS) is 10.4. The second-order valence-corrected chi connectivity index (χ2v) is 6.63. The molecule has 0 aliphatic carbocycles. The summed E-state index contributed by atoms with van der Waals surface area (Å²) in [5.41, 5.74) is 3.07. The molecule has 0 atom stereocenters. The van der Waals surface area contributed by atoms with Gasteiger partial charge in [0.25, 0.3) is 5.95 Å². The second kappa shape index (κ2) is 9.52. The lowest BCUT2D eigenvalue weighted by Crippen LogP contribution is -2.20. The highest BCUT2D eigenvalue weighted by molar-refractivity contribution is 5.61. The van der Waals surface area contributed by atoms with Crippen LogP contribution in [0.2, 0.25) is 0 Å². The zero-order valence-electron chi connectivity index (χ0n) is 16.8. The first-order chi connectivity index (χ1) is 14.8. The SMILES string of the molecule is CCOc1ccc(Nc2cnnc(N(Cc3ccccc3)c3ccccc3)n2)cc1. The molecule has 1 aromatic heterocycles. The quantitative estimate of drug-likeness (QED) is 0.432. The minimum atomic E-state index is 0.529. The highest BCUT2D eigenvalue weighted by Crippen LogP contribution is 2.25. The number of hydrogen-bond donors (Lipinski definition) is 1. The predicted octanol–water partition coefficient (Wildman–Crippen LogP) is 5.35. The molecule has 30 heavy (non-hydrogen) atoms. The van der Waals surface area contributed by atoms with Crippen molar-refractivity contribution in [2.24, 2.45) is 0 Å². The van der Waals surface area contributed by atoms with Crippen LogP contribution in [0.4, 0.5) is 23.1 Å². The van der Waals surface area contributed by atoms with Gasteiger partial charge in [-0.15, -0.1) is 5.10 Å². The lowest BCUT2D eigenvalue weighted by molar-refractivity contribution is 0.340. The fourth-order valence-electron chi connectivity index (χ4n) is 3.07. The highest BCUT2D eigenvalue weighted by atomic mass is 16.5. The van der Waals surface area contributed by atoms with E-state index in [1.165, 1.54) is 0 Å². The lowest BCUT2D eigenvalue weighted by Gasteiger charge is -2.22. The molecule has 0 aliphatic heterocycles. The Bertz CT molecular complexity index is 1060. The van der Waals surface area contributed by atoms with Gasteiger partial charge in [-0.3, -0.25) is 0 Å². The summed E-state index contributed by atoms with van der Waals surface area (Å²) >= 11 is 0. The molecule has 0 saturated heterocycles. The van der Waals surface area contributed by atoms with Crippen molar-refractivity contribution in [3.8, 4) is 5.75 Å². The number of aromatic nitrogens is 3. The molecule has 0 bridgehead atoms. The Balaban J connectivity index is 1.60. The van der Waals surface area contributed by atoms with E-state index in [0.717, 1.165) is 22.7 Å². The first kappa shape index (κ1) is 19.4. The van der Waals surface area contributed by atoms with Crippen LogP contribution in [0.3, 0.4) is 0 Å². The van der Waals surface area contributed by atoms with Crippen LogP contribution >= 0.6 is 0 Å². The van der Waals surface area contributed by atoms with Crippen molar-refractivity contribution >= 4 is 23.1 Å². The van der Waals surface area contributed by atoms with Crippen LogP contribution in [-0.4, -0.2) is 21.8 Å². The number of nitrogens with zero attached hydrogens (tertiary/aromatic N) is 4. The molecular weight excluding hydrogens is 374 g/mol. The van der Waals surface area contributed by atoms with Gasteiger partial charge in [-0.2, -0.15) is 10.1 Å². The molecule has 1 heterocycles. The summed E-state index contributed by atoms with van der Waals surface area (Å²) in [5, 5.41) is 11.8. The van der Waals surface area contributed by atoms with E-state index in [4.69, 9.17) is 9.72 Å². The Hall–Kier alpha value is -3.93. The van der Waals surface area contributed by atoms with Gasteiger partial charge >= 0.3 is 0 Å². The van der Waals surface area contributed by atoms with Crippen LogP contribution in [0.5, 0.6) is 5.75 Å². The minimum Gasteiger partial charge on any atom is -0.494 e. The summed E-state index contributed by atoms with van der Waals surface area (Å²) in [6, 6.07) is 28.1. The van der Waals surface area contributed by atoms with E-state index in [1.54, 1.807) is 6.20 Å². The second-order valence-electron chi connectivity index (χ2n) is 6.63. The number of rotatable bonds is 8. The summed E-state index contributed by atoms with van der Waals surface area (Å²) in [6.07, 6.45) is 1.62. The fraction of sp³-hybridized carbons (Fsp3) is 0.125. The van der Waals surface area contributed by atoms with Crippen LogP contribution in [-0.2, 0) is 6.54 Å². The Morgan fingerprint density at radius 3 is 2.27 bits per heavy atom. The maximum absolute atomic E-state index is 5.49. The minimum absolute atomic E-state index is 0.529. The maximum Gasteiger partial charge on any atom is 0.252 e. The summed E-state index contributed by atoms with van der Waals surface area (Å²) in [7, 11) is 0. The Morgan fingerprint density at radius 1 is 0.867 bits per heavy atom. The van der Waals surface area contributed by atoms with Gasteiger partial charge in [0.2, 0.25) is 0 Å². The molecule has 150 valence electrons. The molecule has 6 nitrogen and oxygen atoms in total. The third-order valence-electron chi connectivity index (χ3n) is 4.48. The first-order valence-electron chi connectivity index (χ1n) is 9.88. The molecule has 0 spiro atoms. The monoisotopic (exact) mass is 397 g/mol. The predicted molar refractivity (Wildman–Crippen MR) is 119 cm³/mol. The smallest absolute Gasteiger partial charge is 0.252 e. The topological polar surface area (TPSA) is 63.2 Å². The molecule has 0 saturated carbocycles. The standard InChI is InChI=1S/C24H23N5O/c1-2-30-22-15-13-20(14-16-22)26-23-17-25-28-24(27-23)29(21-11-7-4-8-12-21)18-19-9-5-3-6-10-19/h3-17H,2,18H2,1H3,(H,26,27,28). The van der Waals surface area contributed by atoms with Gasteiger partial charge in [-0.05, 0) is 48.9 Å². The van der Waals surface area contributed by atoms with Crippen molar-refractivity contribution in [2.75, 3.05) is 16.8 Å². The van der Waals surface area contributed by atoms with Gasteiger partial charge < -0.3 is 15.0 Å². The zero-order valence-corrected chi connectivity index (χ0v) is 16.8. The number of hydrogen-bond acceptors (Lipinski definition) is 6. The van der Waals surface area contributed by atoms with Gasteiger partial charge in [0.05, 0.1) is 19.3 Å². The Labute approximate surface area is 176 Å². The van der Waals surface area contributed by atoms with Gasteiger partial charge in [0, 0.05) is 11.4 Å². The molecule has 4 aromatic rings. The Kier molecular flexibility index (Phi) is 6.15. The van der Waals surface area contributed by atoms with E-state index >= 15 is 0 Å². The van der Waals surface area contributed by atoms with Gasteiger partial charge in [-0.25, -0.2) is 0 Å². The fourth-order valence-corrected chi connectivity index (χ4v) is 3.07. The summed E-state index contributed by atoms with van der Waals surface area (Å²) < 4.78 is 5.49. The van der Waals surface area contributed by atoms with Crippen molar-refractivity contribution < 1.29 is 4.74 Å². The van der Waals surface area contributed by atoms with Gasteiger partial charge in [-0.1, -0.05) is 48.5 Å². The van der Waals surface area contributed by atoms with E-state index in [0.29, 0.717) is 24.9 Å². The van der Waals surface area contributed by atoms with Crippen molar-refractivity contribution in [3.63, 3.8) is 0 Å². The average molecular weight is 397 g/mol. The van der Waals surface area contributed by atoms with Crippen molar-refractivity contribution in [3.05, 3.63) is 96.7 Å². The van der Waals surface area contributed by atoms with E-state index in [1.807, 2.05) is 84.6 Å². The maximum atomic E-state index is 5.49. The zero-order chi connectivity index (χ0) is 20.6. The van der Waals surface area contributed by atoms with Crippen molar-refractivity contribution in [2.45, 2.75) is 13.5 Å².